The van der Waals surface area contributed by atoms with E-state index in [0.717, 1.165) is 5.56 Å². The van der Waals surface area contributed by atoms with Gasteiger partial charge in [0.25, 0.3) is 5.69 Å². The number of nitro benzene ring substituents is 1. The molecule has 0 saturated heterocycles. The van der Waals surface area contributed by atoms with Gasteiger partial charge in [-0.1, -0.05) is 0 Å². The first-order valence-corrected chi connectivity index (χ1v) is 3.60. The summed E-state index contributed by atoms with van der Waals surface area (Å²) in [6, 6.07) is 4.40. The zero-order valence-electron chi connectivity index (χ0n) is 6.98. The van der Waals surface area contributed by atoms with Crippen molar-refractivity contribution in [3.63, 3.8) is 0 Å². The summed E-state index contributed by atoms with van der Waals surface area (Å²) in [4.78, 5) is 20.0. The summed E-state index contributed by atoms with van der Waals surface area (Å²) in [7, 11) is 0. The molecule has 1 rings (SSSR count). The van der Waals surface area contributed by atoms with Crippen LogP contribution < -0.4 is 5.32 Å². The van der Waals surface area contributed by atoms with Crippen LogP contribution in [0.5, 0.6) is 0 Å². The van der Waals surface area contributed by atoms with Crippen molar-refractivity contribution in [2.45, 2.75) is 6.92 Å². The Labute approximate surface area is 74.5 Å². The molecule has 0 unspecified atom stereocenters. The molecule has 0 aromatic heterocycles. The van der Waals surface area contributed by atoms with Gasteiger partial charge >= 0.3 is 0 Å². The molecule has 1 N–H and O–H groups in total. The molecule has 0 aliphatic carbocycles. The maximum Gasteiger partial charge on any atom is 0.271 e. The largest absolute Gasteiger partial charge is 0.328 e. The highest BCUT2D eigenvalue weighted by molar-refractivity contribution is 5.72. The fourth-order valence-electron chi connectivity index (χ4n) is 1.02. The van der Waals surface area contributed by atoms with Crippen molar-refractivity contribution >= 4 is 17.8 Å². The molecule has 5 nitrogen and oxygen atoms in total. The van der Waals surface area contributed by atoms with Gasteiger partial charge in [0.1, 0.15) is 0 Å². The standard InChI is InChI=1S/C8H8N2O3/c1-6-2-7(9-5-11)4-8(3-6)10(12)13/h2-5H,1H3,(H,9,11). The van der Waals surface area contributed by atoms with Crippen molar-refractivity contribution in [3.8, 4) is 0 Å². The quantitative estimate of drug-likeness (QED) is 0.435. The topological polar surface area (TPSA) is 72.2 Å². The Bertz CT molecular complexity index is 349. The van der Waals surface area contributed by atoms with E-state index in [-0.39, 0.29) is 5.69 Å². The Kier molecular flexibility index (Phi) is 2.59. The van der Waals surface area contributed by atoms with Crippen LogP contribution in [-0.2, 0) is 4.79 Å². The minimum absolute atomic E-state index is 0.0237. The van der Waals surface area contributed by atoms with Gasteiger partial charge in [0.2, 0.25) is 6.41 Å². The number of hydrogen-bond acceptors (Lipinski definition) is 3. The summed E-state index contributed by atoms with van der Waals surface area (Å²) in [5, 5.41) is 12.8. The minimum Gasteiger partial charge on any atom is -0.328 e. The van der Waals surface area contributed by atoms with Gasteiger partial charge in [-0.3, -0.25) is 14.9 Å². The highest BCUT2D eigenvalue weighted by Gasteiger charge is 2.06. The number of carbonyl (C=O) groups is 1. The summed E-state index contributed by atoms with van der Waals surface area (Å²) in [5.41, 5.74) is 1.14. The van der Waals surface area contributed by atoms with Gasteiger partial charge in [0.05, 0.1) is 4.92 Å². The fraction of sp³-hybridized carbons (Fsp3) is 0.125. The number of benzene rings is 1. The zero-order valence-corrected chi connectivity index (χ0v) is 6.98. The van der Waals surface area contributed by atoms with E-state index in [1.807, 2.05) is 0 Å². The van der Waals surface area contributed by atoms with Gasteiger partial charge < -0.3 is 5.32 Å². The molecule has 0 radical (unpaired) electrons. The van der Waals surface area contributed by atoms with E-state index in [2.05, 4.69) is 5.32 Å². The number of amides is 1. The number of carbonyl (C=O) groups excluding carboxylic acids is 1. The van der Waals surface area contributed by atoms with Gasteiger partial charge in [-0.15, -0.1) is 0 Å². The first-order valence-electron chi connectivity index (χ1n) is 3.60. The van der Waals surface area contributed by atoms with E-state index < -0.39 is 4.92 Å². The second-order valence-electron chi connectivity index (χ2n) is 2.58. The fourth-order valence-corrected chi connectivity index (χ4v) is 1.02. The Hall–Kier alpha value is -1.91. The van der Waals surface area contributed by atoms with Crippen molar-refractivity contribution < 1.29 is 9.72 Å². The molecule has 13 heavy (non-hydrogen) atoms. The number of hydrogen-bond donors (Lipinski definition) is 1. The molecular weight excluding hydrogens is 172 g/mol. The average Bonchev–Trinajstić information content (AvgIpc) is 2.03. The number of aryl methyl sites for hydroxylation is 1. The molecule has 1 aromatic carbocycles. The number of non-ortho nitro benzene ring substituents is 1. The Balaban J connectivity index is 3.10. The molecule has 0 heterocycles. The van der Waals surface area contributed by atoms with Gasteiger partial charge in [-0.2, -0.15) is 0 Å². The number of rotatable bonds is 3. The third kappa shape index (κ3) is 2.26. The summed E-state index contributed by atoms with van der Waals surface area (Å²) >= 11 is 0. The van der Waals surface area contributed by atoms with E-state index >= 15 is 0 Å². The van der Waals surface area contributed by atoms with Gasteiger partial charge in [0.15, 0.2) is 0 Å². The lowest BCUT2D eigenvalue weighted by Crippen LogP contribution is -1.96. The molecule has 0 aliphatic rings. The van der Waals surface area contributed by atoms with Crippen LogP contribution in [0.1, 0.15) is 5.56 Å². The normalized spacial score (nSPS) is 9.31. The lowest BCUT2D eigenvalue weighted by Gasteiger charge is -2.00. The summed E-state index contributed by atoms with van der Waals surface area (Å²) in [5.74, 6) is 0. The van der Waals surface area contributed by atoms with Crippen molar-refractivity contribution in [1.29, 1.82) is 0 Å². The summed E-state index contributed by atoms with van der Waals surface area (Å²) in [6.45, 7) is 1.73. The first-order chi connectivity index (χ1) is 6.13. The SMILES string of the molecule is Cc1cc(NC=O)cc([N+](=O)[O-])c1. The molecule has 0 saturated carbocycles. The number of nitrogens with zero attached hydrogens (tertiary/aromatic N) is 1. The number of nitrogens with one attached hydrogen (secondary N) is 1. The second kappa shape index (κ2) is 3.66. The van der Waals surface area contributed by atoms with Crippen molar-refractivity contribution in [2.24, 2.45) is 0 Å². The Morgan fingerprint density at radius 2 is 2.15 bits per heavy atom. The van der Waals surface area contributed by atoms with E-state index in [4.69, 9.17) is 0 Å². The van der Waals surface area contributed by atoms with Crippen LogP contribution in [0.3, 0.4) is 0 Å². The molecule has 0 fully saturated rings. The second-order valence-corrected chi connectivity index (χ2v) is 2.58. The smallest absolute Gasteiger partial charge is 0.271 e. The molecule has 0 spiro atoms. The third-order valence-corrected chi connectivity index (χ3v) is 1.50. The van der Waals surface area contributed by atoms with E-state index in [1.54, 1.807) is 13.0 Å². The van der Waals surface area contributed by atoms with Gasteiger partial charge in [-0.05, 0) is 18.6 Å². The predicted molar refractivity (Wildman–Crippen MR) is 47.5 cm³/mol. The Morgan fingerprint density at radius 3 is 2.69 bits per heavy atom. The van der Waals surface area contributed by atoms with Crippen LogP contribution in [0.25, 0.3) is 0 Å². The van der Waals surface area contributed by atoms with Gasteiger partial charge in [-0.25, -0.2) is 0 Å². The van der Waals surface area contributed by atoms with E-state index in [9.17, 15) is 14.9 Å². The number of nitro groups is 1. The zero-order chi connectivity index (χ0) is 9.84. The molecule has 0 bridgehead atoms. The summed E-state index contributed by atoms with van der Waals surface area (Å²) in [6.07, 6.45) is 0.485. The lowest BCUT2D eigenvalue weighted by molar-refractivity contribution is -0.384. The van der Waals surface area contributed by atoms with E-state index in [1.165, 1.54) is 12.1 Å². The van der Waals surface area contributed by atoms with Gasteiger partial charge in [0, 0.05) is 17.8 Å². The molecule has 5 heteroatoms. The minimum atomic E-state index is -0.497. The van der Waals surface area contributed by atoms with Crippen LogP contribution in [0.4, 0.5) is 11.4 Å². The van der Waals surface area contributed by atoms with Crippen molar-refractivity contribution in [3.05, 3.63) is 33.9 Å². The van der Waals surface area contributed by atoms with Crippen LogP contribution in [-0.4, -0.2) is 11.3 Å². The highest BCUT2D eigenvalue weighted by atomic mass is 16.6. The maximum atomic E-state index is 10.4. The monoisotopic (exact) mass is 180 g/mol. The van der Waals surface area contributed by atoms with Crippen molar-refractivity contribution in [1.82, 2.24) is 0 Å². The molecule has 1 amide bonds. The van der Waals surface area contributed by atoms with Crippen LogP contribution >= 0.6 is 0 Å². The summed E-state index contributed by atoms with van der Waals surface area (Å²) < 4.78 is 0. The molecule has 1 aromatic rings. The molecule has 0 atom stereocenters. The Morgan fingerprint density at radius 1 is 1.46 bits per heavy atom. The first kappa shape index (κ1) is 9.18. The lowest BCUT2D eigenvalue weighted by atomic mass is 10.2. The average molecular weight is 180 g/mol. The highest BCUT2D eigenvalue weighted by Crippen LogP contribution is 2.19. The predicted octanol–water partition coefficient (Wildman–Crippen LogP) is 1.47. The van der Waals surface area contributed by atoms with Crippen molar-refractivity contribution in [2.75, 3.05) is 5.32 Å². The van der Waals surface area contributed by atoms with Crippen LogP contribution in [0.2, 0.25) is 0 Å². The molecular formula is C8H8N2O3. The maximum absolute atomic E-state index is 10.4. The van der Waals surface area contributed by atoms with Crippen LogP contribution in [0, 0.1) is 17.0 Å². The number of anilines is 1. The third-order valence-electron chi connectivity index (χ3n) is 1.50. The van der Waals surface area contributed by atoms with Crippen LogP contribution in [0.15, 0.2) is 18.2 Å². The molecule has 68 valence electrons. The molecule has 0 aliphatic heterocycles. The van der Waals surface area contributed by atoms with E-state index in [0.29, 0.717) is 12.1 Å².